The molecule has 1 heterocycles. The molecule has 0 spiro atoms. The highest BCUT2D eigenvalue weighted by molar-refractivity contribution is 5.22. The van der Waals surface area contributed by atoms with Crippen molar-refractivity contribution < 1.29 is 9.84 Å². The Balaban J connectivity index is 2.25. The van der Waals surface area contributed by atoms with Gasteiger partial charge in [-0.25, -0.2) is 0 Å². The van der Waals surface area contributed by atoms with Gasteiger partial charge in [0.25, 0.3) is 0 Å². The van der Waals surface area contributed by atoms with Crippen molar-refractivity contribution >= 4 is 0 Å². The summed E-state index contributed by atoms with van der Waals surface area (Å²) in [6.45, 7) is 4.14. The monoisotopic (exact) mass is 140 g/mol. The Morgan fingerprint density at radius 3 is 3.00 bits per heavy atom. The molecule has 2 aliphatic rings. The van der Waals surface area contributed by atoms with Crippen LogP contribution in [0.4, 0.5) is 0 Å². The molecule has 0 aromatic heterocycles. The molecule has 0 radical (unpaired) electrons. The molecule has 0 aromatic rings. The predicted octanol–water partition coefficient (Wildman–Crippen LogP) is 1.63. The standard InChI is InChI=1S/C8H12O2/c1-4-3-5(2)7-8(10-7)6(4)9/h5,7-9H,3H2,1-2H3. The first-order valence-corrected chi connectivity index (χ1v) is 3.74. The third kappa shape index (κ3) is 0.686. The summed E-state index contributed by atoms with van der Waals surface area (Å²) in [6.07, 6.45) is 1.37. The molecule has 2 nitrogen and oxygen atoms in total. The van der Waals surface area contributed by atoms with Gasteiger partial charge in [-0.15, -0.1) is 0 Å². The van der Waals surface area contributed by atoms with Crippen molar-refractivity contribution in [2.75, 3.05) is 0 Å². The third-order valence-corrected chi connectivity index (χ3v) is 2.42. The minimum Gasteiger partial charge on any atom is -0.509 e. The Hall–Kier alpha value is -0.500. The molecule has 3 unspecified atom stereocenters. The van der Waals surface area contributed by atoms with E-state index in [1.807, 2.05) is 6.92 Å². The molecule has 1 fully saturated rings. The van der Waals surface area contributed by atoms with Gasteiger partial charge in [0.2, 0.25) is 0 Å². The summed E-state index contributed by atoms with van der Waals surface area (Å²) in [6, 6.07) is 0. The SMILES string of the molecule is CC1=C(O)C2OC2C(C)C1. The van der Waals surface area contributed by atoms with Crippen molar-refractivity contribution in [2.24, 2.45) is 5.92 Å². The normalized spacial score (nSPS) is 45.2. The van der Waals surface area contributed by atoms with E-state index in [1.165, 1.54) is 0 Å². The Labute approximate surface area is 60.5 Å². The molecule has 1 N–H and O–H groups in total. The fourth-order valence-electron chi connectivity index (χ4n) is 1.72. The second kappa shape index (κ2) is 1.76. The number of epoxide rings is 1. The van der Waals surface area contributed by atoms with Crippen LogP contribution in [-0.4, -0.2) is 17.3 Å². The van der Waals surface area contributed by atoms with Crippen LogP contribution in [0.5, 0.6) is 0 Å². The average molecular weight is 140 g/mol. The second-order valence-corrected chi connectivity index (χ2v) is 3.37. The zero-order valence-electron chi connectivity index (χ0n) is 6.29. The summed E-state index contributed by atoms with van der Waals surface area (Å²) in [4.78, 5) is 0. The minimum absolute atomic E-state index is 0.0590. The highest BCUT2D eigenvalue weighted by Gasteiger charge is 2.49. The fraction of sp³-hybridized carbons (Fsp3) is 0.750. The van der Waals surface area contributed by atoms with E-state index in [4.69, 9.17) is 4.74 Å². The topological polar surface area (TPSA) is 32.8 Å². The van der Waals surface area contributed by atoms with Crippen LogP contribution >= 0.6 is 0 Å². The molecular weight excluding hydrogens is 128 g/mol. The highest BCUT2D eigenvalue weighted by atomic mass is 16.6. The van der Waals surface area contributed by atoms with Crippen LogP contribution < -0.4 is 0 Å². The summed E-state index contributed by atoms with van der Waals surface area (Å²) in [7, 11) is 0. The number of aliphatic hydroxyl groups excluding tert-OH is 1. The van der Waals surface area contributed by atoms with Crippen molar-refractivity contribution in [3.63, 3.8) is 0 Å². The first-order chi connectivity index (χ1) is 4.70. The smallest absolute Gasteiger partial charge is 0.141 e. The Morgan fingerprint density at radius 2 is 2.30 bits per heavy atom. The van der Waals surface area contributed by atoms with E-state index in [0.29, 0.717) is 17.8 Å². The third-order valence-electron chi connectivity index (χ3n) is 2.42. The van der Waals surface area contributed by atoms with E-state index < -0.39 is 0 Å². The van der Waals surface area contributed by atoms with Crippen molar-refractivity contribution in [1.82, 2.24) is 0 Å². The van der Waals surface area contributed by atoms with Gasteiger partial charge in [0.1, 0.15) is 11.9 Å². The number of aliphatic hydroxyl groups is 1. The molecule has 1 saturated heterocycles. The van der Waals surface area contributed by atoms with Gasteiger partial charge >= 0.3 is 0 Å². The van der Waals surface area contributed by atoms with E-state index in [0.717, 1.165) is 12.0 Å². The van der Waals surface area contributed by atoms with Crippen LogP contribution in [0.25, 0.3) is 0 Å². The summed E-state index contributed by atoms with van der Waals surface area (Å²) in [5, 5.41) is 9.36. The maximum absolute atomic E-state index is 9.36. The van der Waals surface area contributed by atoms with Crippen LogP contribution in [-0.2, 0) is 4.74 Å². The summed E-state index contributed by atoms with van der Waals surface area (Å²) in [5.74, 6) is 1.09. The van der Waals surface area contributed by atoms with Crippen LogP contribution in [0, 0.1) is 5.92 Å². The van der Waals surface area contributed by atoms with E-state index in [9.17, 15) is 5.11 Å². The van der Waals surface area contributed by atoms with Crippen LogP contribution in [0.1, 0.15) is 20.3 Å². The minimum atomic E-state index is 0.0590. The fourth-order valence-corrected chi connectivity index (χ4v) is 1.72. The van der Waals surface area contributed by atoms with Gasteiger partial charge in [0.15, 0.2) is 0 Å². The van der Waals surface area contributed by atoms with Crippen molar-refractivity contribution in [3.8, 4) is 0 Å². The Bertz CT molecular complexity index is 195. The van der Waals surface area contributed by atoms with Gasteiger partial charge < -0.3 is 9.84 Å². The Kier molecular flexibility index (Phi) is 1.09. The lowest BCUT2D eigenvalue weighted by molar-refractivity contribution is 0.312. The lowest BCUT2D eigenvalue weighted by Crippen LogP contribution is -2.15. The van der Waals surface area contributed by atoms with Gasteiger partial charge in [-0.3, -0.25) is 0 Å². The molecule has 0 bridgehead atoms. The van der Waals surface area contributed by atoms with Crippen LogP contribution in [0.15, 0.2) is 11.3 Å². The quantitative estimate of drug-likeness (QED) is 0.519. The zero-order chi connectivity index (χ0) is 7.30. The van der Waals surface area contributed by atoms with Gasteiger partial charge in [-0.1, -0.05) is 6.92 Å². The molecule has 2 heteroatoms. The van der Waals surface area contributed by atoms with E-state index >= 15 is 0 Å². The molecular formula is C8H12O2. The number of hydrogen-bond acceptors (Lipinski definition) is 2. The number of rotatable bonds is 0. The molecule has 1 aliphatic carbocycles. The molecule has 3 atom stereocenters. The van der Waals surface area contributed by atoms with Gasteiger partial charge in [-0.2, -0.15) is 0 Å². The first-order valence-electron chi connectivity index (χ1n) is 3.74. The molecule has 0 saturated carbocycles. The van der Waals surface area contributed by atoms with Crippen molar-refractivity contribution in [1.29, 1.82) is 0 Å². The van der Waals surface area contributed by atoms with E-state index in [2.05, 4.69) is 6.92 Å². The highest BCUT2D eigenvalue weighted by Crippen LogP contribution is 2.42. The number of allylic oxidation sites excluding steroid dienone is 1. The number of ether oxygens (including phenoxy) is 1. The zero-order valence-corrected chi connectivity index (χ0v) is 6.29. The average Bonchev–Trinajstić information content (AvgIpc) is 2.61. The number of hydrogen-bond donors (Lipinski definition) is 1. The van der Waals surface area contributed by atoms with Crippen molar-refractivity contribution in [2.45, 2.75) is 32.5 Å². The van der Waals surface area contributed by atoms with E-state index in [-0.39, 0.29) is 6.10 Å². The molecule has 2 rings (SSSR count). The lowest BCUT2D eigenvalue weighted by Gasteiger charge is -2.14. The largest absolute Gasteiger partial charge is 0.509 e. The molecule has 1 aliphatic heterocycles. The summed E-state index contributed by atoms with van der Waals surface area (Å²) >= 11 is 0. The van der Waals surface area contributed by atoms with Gasteiger partial charge in [0.05, 0.1) is 6.10 Å². The predicted molar refractivity (Wildman–Crippen MR) is 37.8 cm³/mol. The molecule has 56 valence electrons. The maximum Gasteiger partial charge on any atom is 0.141 e. The molecule has 10 heavy (non-hydrogen) atoms. The van der Waals surface area contributed by atoms with Gasteiger partial charge in [0, 0.05) is 0 Å². The lowest BCUT2D eigenvalue weighted by atomic mass is 9.90. The van der Waals surface area contributed by atoms with Crippen LogP contribution in [0.3, 0.4) is 0 Å². The molecule has 0 aromatic carbocycles. The second-order valence-electron chi connectivity index (χ2n) is 3.37. The number of fused-ring (bicyclic) bond motifs is 1. The maximum atomic E-state index is 9.36. The van der Waals surface area contributed by atoms with Crippen LogP contribution in [0.2, 0.25) is 0 Å². The van der Waals surface area contributed by atoms with Gasteiger partial charge in [-0.05, 0) is 24.8 Å². The Morgan fingerprint density at radius 1 is 1.60 bits per heavy atom. The summed E-state index contributed by atoms with van der Waals surface area (Å²) in [5.41, 5.74) is 1.10. The van der Waals surface area contributed by atoms with E-state index in [1.54, 1.807) is 0 Å². The van der Waals surface area contributed by atoms with Crippen molar-refractivity contribution in [3.05, 3.63) is 11.3 Å². The molecule has 0 amide bonds. The first kappa shape index (κ1) is 6.23. The summed E-state index contributed by atoms with van der Waals surface area (Å²) < 4.78 is 5.26.